The molecule has 5 nitrogen and oxygen atoms in total. The van der Waals surface area contributed by atoms with E-state index in [4.69, 9.17) is 5.73 Å². The predicted octanol–water partition coefficient (Wildman–Crippen LogP) is 2.07. The van der Waals surface area contributed by atoms with Gasteiger partial charge in [-0.25, -0.2) is 0 Å². The zero-order valence-corrected chi connectivity index (χ0v) is 14.2. The standard InChI is InChI=1S/C17H21N3O2.ClH/c1-10-7-12(8-18)9-20(10)17(22)15-11(2)13-5-3-4-6-14(13)19-16(15)21;/h3-6,10,12H,7-9,18H2,1-2H3,(H,19,21);1H. The maximum absolute atomic E-state index is 12.9. The zero-order chi connectivity index (χ0) is 15.9. The van der Waals surface area contributed by atoms with Gasteiger partial charge in [-0.05, 0) is 44.4 Å². The highest BCUT2D eigenvalue weighted by molar-refractivity contribution is 6.00. The van der Waals surface area contributed by atoms with Crippen LogP contribution in [-0.4, -0.2) is 34.9 Å². The lowest BCUT2D eigenvalue weighted by atomic mass is 10.0. The van der Waals surface area contributed by atoms with Crippen molar-refractivity contribution in [3.63, 3.8) is 0 Å². The lowest BCUT2D eigenvalue weighted by Crippen LogP contribution is -2.38. The number of amides is 1. The first-order chi connectivity index (χ1) is 10.5. The fourth-order valence-corrected chi connectivity index (χ4v) is 3.41. The van der Waals surface area contributed by atoms with Crippen LogP contribution < -0.4 is 11.3 Å². The Labute approximate surface area is 141 Å². The van der Waals surface area contributed by atoms with Gasteiger partial charge in [0.2, 0.25) is 0 Å². The lowest BCUT2D eigenvalue weighted by Gasteiger charge is -2.22. The number of halogens is 1. The van der Waals surface area contributed by atoms with Crippen LogP contribution in [-0.2, 0) is 0 Å². The first-order valence-electron chi connectivity index (χ1n) is 7.65. The van der Waals surface area contributed by atoms with Crippen LogP contribution in [0.25, 0.3) is 10.9 Å². The number of nitrogens with two attached hydrogens (primary N) is 1. The van der Waals surface area contributed by atoms with Crippen molar-refractivity contribution in [3.05, 3.63) is 45.7 Å². The molecule has 6 heteroatoms. The van der Waals surface area contributed by atoms with E-state index in [1.165, 1.54) is 0 Å². The van der Waals surface area contributed by atoms with Crippen molar-refractivity contribution in [1.29, 1.82) is 0 Å². The number of fused-ring (bicyclic) bond motifs is 1. The zero-order valence-electron chi connectivity index (χ0n) is 13.3. The minimum atomic E-state index is -0.315. The number of aromatic amines is 1. The van der Waals surface area contributed by atoms with Crippen LogP contribution >= 0.6 is 12.4 Å². The monoisotopic (exact) mass is 335 g/mol. The summed E-state index contributed by atoms with van der Waals surface area (Å²) in [6, 6.07) is 7.67. The Kier molecular flexibility index (Phi) is 5.12. The second-order valence-corrected chi connectivity index (χ2v) is 6.14. The second kappa shape index (κ2) is 6.72. The lowest BCUT2D eigenvalue weighted by molar-refractivity contribution is 0.0741. The van der Waals surface area contributed by atoms with Gasteiger partial charge in [0, 0.05) is 23.5 Å². The molecule has 0 radical (unpaired) electrons. The smallest absolute Gasteiger partial charge is 0.261 e. The van der Waals surface area contributed by atoms with E-state index in [1.54, 1.807) is 4.90 Å². The summed E-state index contributed by atoms with van der Waals surface area (Å²) in [6.45, 7) is 5.05. The Morgan fingerprint density at radius 1 is 1.39 bits per heavy atom. The van der Waals surface area contributed by atoms with Crippen LogP contribution in [0.3, 0.4) is 0 Å². The average molecular weight is 336 g/mol. The molecule has 3 N–H and O–H groups in total. The van der Waals surface area contributed by atoms with Gasteiger partial charge in [-0.1, -0.05) is 18.2 Å². The largest absolute Gasteiger partial charge is 0.335 e. The molecule has 1 aromatic heterocycles. The van der Waals surface area contributed by atoms with Crippen molar-refractivity contribution >= 4 is 29.2 Å². The van der Waals surface area contributed by atoms with Crippen LogP contribution in [0.4, 0.5) is 0 Å². The highest BCUT2D eigenvalue weighted by Crippen LogP contribution is 2.25. The Morgan fingerprint density at radius 2 is 2.09 bits per heavy atom. The molecule has 2 atom stereocenters. The molecule has 1 saturated heterocycles. The molecule has 2 unspecified atom stereocenters. The summed E-state index contributed by atoms with van der Waals surface area (Å²) in [5.41, 5.74) is 7.17. The number of carbonyl (C=O) groups is 1. The van der Waals surface area contributed by atoms with E-state index in [0.717, 1.165) is 22.9 Å². The summed E-state index contributed by atoms with van der Waals surface area (Å²) >= 11 is 0. The molecule has 1 aromatic carbocycles. The molecule has 124 valence electrons. The summed E-state index contributed by atoms with van der Waals surface area (Å²) in [4.78, 5) is 29.8. The number of pyridine rings is 1. The number of para-hydroxylation sites is 1. The van der Waals surface area contributed by atoms with Crippen molar-refractivity contribution in [2.75, 3.05) is 13.1 Å². The SMILES string of the molecule is Cc1c(C(=O)N2CC(CN)CC2C)c(=O)[nH]c2ccccc12.Cl. The predicted molar refractivity (Wildman–Crippen MR) is 94.2 cm³/mol. The van der Waals surface area contributed by atoms with Gasteiger partial charge in [0.1, 0.15) is 5.56 Å². The van der Waals surface area contributed by atoms with E-state index >= 15 is 0 Å². The van der Waals surface area contributed by atoms with Crippen LogP contribution in [0.2, 0.25) is 0 Å². The summed E-state index contributed by atoms with van der Waals surface area (Å²) in [7, 11) is 0. The maximum atomic E-state index is 12.9. The van der Waals surface area contributed by atoms with E-state index in [-0.39, 0.29) is 35.5 Å². The van der Waals surface area contributed by atoms with Gasteiger partial charge in [-0.2, -0.15) is 0 Å². The van der Waals surface area contributed by atoms with Gasteiger partial charge in [0.15, 0.2) is 0 Å². The van der Waals surface area contributed by atoms with Gasteiger partial charge >= 0.3 is 0 Å². The second-order valence-electron chi connectivity index (χ2n) is 6.14. The van der Waals surface area contributed by atoms with E-state index in [9.17, 15) is 9.59 Å². The van der Waals surface area contributed by atoms with Crippen molar-refractivity contribution in [2.24, 2.45) is 11.7 Å². The number of aromatic nitrogens is 1. The number of rotatable bonds is 2. The number of benzene rings is 1. The Morgan fingerprint density at radius 3 is 2.74 bits per heavy atom. The average Bonchev–Trinajstić information content (AvgIpc) is 2.88. The van der Waals surface area contributed by atoms with Gasteiger partial charge < -0.3 is 15.6 Å². The molecule has 1 fully saturated rings. The number of H-pyrrole nitrogens is 1. The Hall–Kier alpha value is -1.85. The minimum absolute atomic E-state index is 0. The summed E-state index contributed by atoms with van der Waals surface area (Å²) in [5, 5.41) is 0.910. The molecule has 0 aliphatic carbocycles. The topological polar surface area (TPSA) is 79.2 Å². The van der Waals surface area contributed by atoms with Crippen LogP contribution in [0.1, 0.15) is 29.3 Å². The Bertz CT molecular complexity index is 787. The van der Waals surface area contributed by atoms with Crippen molar-refractivity contribution in [2.45, 2.75) is 26.3 Å². The fourth-order valence-electron chi connectivity index (χ4n) is 3.41. The highest BCUT2D eigenvalue weighted by Gasteiger charge is 2.34. The van der Waals surface area contributed by atoms with Gasteiger partial charge in [-0.3, -0.25) is 9.59 Å². The van der Waals surface area contributed by atoms with E-state index in [2.05, 4.69) is 4.98 Å². The number of carbonyl (C=O) groups excluding carboxylic acids is 1. The van der Waals surface area contributed by atoms with Gasteiger partial charge in [0.05, 0.1) is 0 Å². The Balaban J connectivity index is 0.00000192. The first-order valence-corrected chi connectivity index (χ1v) is 7.65. The van der Waals surface area contributed by atoms with Crippen molar-refractivity contribution in [1.82, 2.24) is 9.88 Å². The molecule has 1 aliphatic heterocycles. The number of hydrogen-bond donors (Lipinski definition) is 2. The number of likely N-dealkylation sites (tertiary alicyclic amines) is 1. The van der Waals surface area contributed by atoms with Gasteiger partial charge in [-0.15, -0.1) is 12.4 Å². The first kappa shape index (κ1) is 17.5. The molecule has 1 amide bonds. The van der Waals surface area contributed by atoms with E-state index in [0.29, 0.717) is 19.0 Å². The van der Waals surface area contributed by atoms with E-state index < -0.39 is 0 Å². The van der Waals surface area contributed by atoms with E-state index in [1.807, 2.05) is 38.1 Å². The van der Waals surface area contributed by atoms with Crippen LogP contribution in [0.15, 0.2) is 29.1 Å². The molecule has 2 heterocycles. The highest BCUT2D eigenvalue weighted by atomic mass is 35.5. The van der Waals surface area contributed by atoms with Crippen LogP contribution in [0, 0.1) is 12.8 Å². The molecular weight excluding hydrogens is 314 g/mol. The van der Waals surface area contributed by atoms with Gasteiger partial charge in [0.25, 0.3) is 11.5 Å². The molecule has 2 aromatic rings. The number of hydrogen-bond acceptors (Lipinski definition) is 3. The third-order valence-electron chi connectivity index (χ3n) is 4.65. The maximum Gasteiger partial charge on any atom is 0.261 e. The number of nitrogens with one attached hydrogen (secondary N) is 1. The summed E-state index contributed by atoms with van der Waals surface area (Å²) in [5.74, 6) is 0.131. The fraction of sp³-hybridized carbons (Fsp3) is 0.412. The third kappa shape index (κ3) is 2.99. The normalized spacial score (nSPS) is 20.6. The quantitative estimate of drug-likeness (QED) is 0.881. The molecule has 1 aliphatic rings. The molecular formula is C17H22ClN3O2. The molecule has 3 rings (SSSR count). The number of aryl methyl sites for hydroxylation is 1. The summed E-state index contributed by atoms with van der Waals surface area (Å²) < 4.78 is 0. The number of nitrogens with zero attached hydrogens (tertiary/aromatic N) is 1. The molecule has 0 spiro atoms. The van der Waals surface area contributed by atoms with Crippen molar-refractivity contribution < 1.29 is 4.79 Å². The van der Waals surface area contributed by atoms with Crippen LogP contribution in [0.5, 0.6) is 0 Å². The third-order valence-corrected chi connectivity index (χ3v) is 4.65. The minimum Gasteiger partial charge on any atom is -0.335 e. The molecule has 0 saturated carbocycles. The summed E-state index contributed by atoms with van der Waals surface area (Å²) in [6.07, 6.45) is 0.896. The molecule has 0 bridgehead atoms. The van der Waals surface area contributed by atoms with Crippen molar-refractivity contribution in [3.8, 4) is 0 Å². The molecule has 23 heavy (non-hydrogen) atoms.